The van der Waals surface area contributed by atoms with Crippen LogP contribution in [0.4, 0.5) is 0 Å². The van der Waals surface area contributed by atoms with Gasteiger partial charge in [0.15, 0.2) is 0 Å². The number of carbonyl (C=O) groups excluding carboxylic acids is 1. The second-order valence-electron chi connectivity index (χ2n) is 13.1. The highest BCUT2D eigenvalue weighted by molar-refractivity contribution is 5.81. The lowest BCUT2D eigenvalue weighted by Crippen LogP contribution is -2.55. The lowest BCUT2D eigenvalue weighted by Gasteiger charge is -2.61. The first-order valence-electron chi connectivity index (χ1n) is 13.9. The van der Waals surface area contributed by atoms with Gasteiger partial charge in [-0.1, -0.05) is 34.1 Å². The Morgan fingerprint density at radius 2 is 1.74 bits per heavy atom. The molecule has 8 heteroatoms. The van der Waals surface area contributed by atoms with E-state index >= 15 is 0 Å². The topological polar surface area (TPSA) is 133 Å². The quantitative estimate of drug-likeness (QED) is 0.344. The molecule has 0 aliphatic heterocycles. The zero-order chi connectivity index (χ0) is 28.0. The van der Waals surface area contributed by atoms with Crippen molar-refractivity contribution in [2.75, 3.05) is 0 Å². The van der Waals surface area contributed by atoms with Gasteiger partial charge in [0.05, 0.1) is 12.8 Å². The van der Waals surface area contributed by atoms with Crippen LogP contribution in [0.1, 0.15) is 95.8 Å². The van der Waals surface area contributed by atoms with Gasteiger partial charge in [-0.25, -0.2) is 0 Å². The van der Waals surface area contributed by atoms with Crippen LogP contribution in [0.5, 0.6) is 5.75 Å². The predicted octanol–water partition coefficient (Wildman–Crippen LogP) is 4.57. The fourth-order valence-electron chi connectivity index (χ4n) is 8.63. The van der Waals surface area contributed by atoms with Gasteiger partial charge in [0.2, 0.25) is 12.2 Å². The van der Waals surface area contributed by atoms with Crippen molar-refractivity contribution in [3.05, 3.63) is 28.8 Å². The first-order chi connectivity index (χ1) is 17.7. The smallest absolute Gasteiger partial charge is 0.305 e. The number of amides is 1. The molecule has 0 bridgehead atoms. The van der Waals surface area contributed by atoms with Gasteiger partial charge >= 0.3 is 11.9 Å². The van der Waals surface area contributed by atoms with E-state index < -0.39 is 36.6 Å². The molecule has 3 unspecified atom stereocenters. The van der Waals surface area contributed by atoms with E-state index in [2.05, 4.69) is 39.9 Å². The van der Waals surface area contributed by atoms with E-state index in [1.54, 1.807) is 0 Å². The maximum Gasteiger partial charge on any atom is 0.305 e. The minimum absolute atomic E-state index is 0.0825. The molecule has 0 aromatic heterocycles. The number of aryl methyl sites for hydroxylation is 1. The van der Waals surface area contributed by atoms with Crippen molar-refractivity contribution in [3.8, 4) is 5.75 Å². The lowest BCUT2D eigenvalue weighted by molar-refractivity contribution is -0.143. The fourth-order valence-corrected chi connectivity index (χ4v) is 8.63. The maximum absolute atomic E-state index is 12.1. The summed E-state index contributed by atoms with van der Waals surface area (Å²) in [7, 11) is 0. The van der Waals surface area contributed by atoms with Gasteiger partial charge in [0, 0.05) is 6.42 Å². The van der Waals surface area contributed by atoms with Crippen molar-refractivity contribution >= 4 is 17.8 Å². The Balaban J connectivity index is 1.56. The van der Waals surface area contributed by atoms with Crippen LogP contribution < -0.4 is 10.1 Å². The molecule has 8 nitrogen and oxygen atoms in total. The number of aliphatic hydroxyl groups excluding tert-OH is 1. The summed E-state index contributed by atoms with van der Waals surface area (Å²) in [5.41, 5.74) is 4.39. The molecule has 0 heterocycles. The number of rotatable bonds is 9. The van der Waals surface area contributed by atoms with Gasteiger partial charge < -0.3 is 25.4 Å². The molecule has 2 saturated carbocycles. The van der Waals surface area contributed by atoms with Crippen LogP contribution in [0.25, 0.3) is 0 Å². The second kappa shape index (κ2) is 10.2. The standard InChI is InChI=1S/C30H43NO7/c1-17-13-19(38-27(37)20(16-25(35)36)31-23(32)7-8-24(33)34)14-18-15-22-29(4)11-6-10-28(2,3)21(29)9-12-30(22,5)26(17)18/h13-14,20-22,27,37H,6-12,15-16H2,1-5H3,(H,31,32)(H,33,34)(H,35,36)/t20?,21?,22-,27?,29+,30-/m1/s1. The first kappa shape index (κ1) is 28.4. The highest BCUT2D eigenvalue weighted by Crippen LogP contribution is 2.67. The van der Waals surface area contributed by atoms with E-state index in [-0.39, 0.29) is 23.7 Å². The largest absolute Gasteiger partial charge is 0.481 e. The molecule has 4 N–H and O–H groups in total. The maximum atomic E-state index is 12.1. The minimum atomic E-state index is -1.60. The van der Waals surface area contributed by atoms with E-state index in [1.165, 1.54) is 36.8 Å². The molecule has 0 spiro atoms. The molecule has 1 aromatic rings. The van der Waals surface area contributed by atoms with Crippen molar-refractivity contribution in [2.24, 2.45) is 22.7 Å². The first-order valence-corrected chi connectivity index (χ1v) is 13.9. The number of benzene rings is 1. The Morgan fingerprint density at radius 3 is 2.39 bits per heavy atom. The molecule has 1 aromatic carbocycles. The molecule has 6 atom stereocenters. The van der Waals surface area contributed by atoms with Crippen molar-refractivity contribution in [1.29, 1.82) is 0 Å². The van der Waals surface area contributed by atoms with Crippen LogP contribution in [0.15, 0.2) is 12.1 Å². The summed E-state index contributed by atoms with van der Waals surface area (Å²) in [5, 5.41) is 31.3. The summed E-state index contributed by atoms with van der Waals surface area (Å²) in [4.78, 5) is 34.3. The summed E-state index contributed by atoms with van der Waals surface area (Å²) < 4.78 is 5.82. The number of carboxylic acids is 2. The molecule has 38 heavy (non-hydrogen) atoms. The molecule has 3 aliphatic rings. The molecule has 1 amide bonds. The Morgan fingerprint density at radius 1 is 1.03 bits per heavy atom. The Labute approximate surface area is 225 Å². The molecule has 0 saturated heterocycles. The van der Waals surface area contributed by atoms with Crippen LogP contribution in [0.3, 0.4) is 0 Å². The number of aliphatic carboxylic acids is 2. The molecule has 4 rings (SSSR count). The lowest BCUT2D eigenvalue weighted by atomic mass is 9.43. The number of carbonyl (C=O) groups is 3. The van der Waals surface area contributed by atoms with Crippen LogP contribution in [-0.2, 0) is 26.2 Å². The SMILES string of the molecule is Cc1cc(OC(O)C(CC(=O)O)NC(=O)CCC(=O)O)cc2c1[C@]1(C)CCC3C(C)(C)CCC[C@]3(C)[C@H]1C2. The van der Waals surface area contributed by atoms with Gasteiger partial charge in [0.25, 0.3) is 0 Å². The summed E-state index contributed by atoms with van der Waals surface area (Å²) in [6.45, 7) is 11.9. The predicted molar refractivity (Wildman–Crippen MR) is 142 cm³/mol. The Kier molecular flexibility index (Phi) is 7.60. The molecule has 0 radical (unpaired) electrons. The van der Waals surface area contributed by atoms with Gasteiger partial charge in [0.1, 0.15) is 11.8 Å². The number of hydrogen-bond donors (Lipinski definition) is 4. The number of aliphatic hydroxyl groups is 1. The summed E-state index contributed by atoms with van der Waals surface area (Å²) in [6, 6.07) is 2.66. The van der Waals surface area contributed by atoms with E-state index in [4.69, 9.17) is 9.84 Å². The minimum Gasteiger partial charge on any atom is -0.481 e. The highest BCUT2D eigenvalue weighted by Gasteiger charge is 2.61. The van der Waals surface area contributed by atoms with Gasteiger partial charge in [-0.2, -0.15) is 0 Å². The van der Waals surface area contributed by atoms with Gasteiger partial charge in [-0.15, -0.1) is 0 Å². The monoisotopic (exact) mass is 529 g/mol. The van der Waals surface area contributed by atoms with Crippen molar-refractivity contribution in [3.63, 3.8) is 0 Å². The van der Waals surface area contributed by atoms with Crippen LogP contribution in [0, 0.1) is 29.6 Å². The molecular formula is C30H43NO7. The van der Waals surface area contributed by atoms with Gasteiger partial charge in [-0.05, 0) is 95.9 Å². The van der Waals surface area contributed by atoms with Gasteiger partial charge in [-0.3, -0.25) is 14.4 Å². The zero-order valence-electron chi connectivity index (χ0n) is 23.3. The molecular weight excluding hydrogens is 486 g/mol. The Bertz CT molecular complexity index is 1110. The number of ether oxygens (including phenoxy) is 1. The number of hydrogen-bond acceptors (Lipinski definition) is 5. The Hall–Kier alpha value is -2.61. The fraction of sp³-hybridized carbons (Fsp3) is 0.700. The molecule has 210 valence electrons. The third-order valence-corrected chi connectivity index (χ3v) is 10.1. The average Bonchev–Trinajstić information content (AvgIpc) is 3.10. The van der Waals surface area contributed by atoms with Crippen molar-refractivity contribution in [2.45, 2.75) is 110 Å². The van der Waals surface area contributed by atoms with E-state index in [0.29, 0.717) is 23.0 Å². The summed E-state index contributed by atoms with van der Waals surface area (Å²) >= 11 is 0. The van der Waals surface area contributed by atoms with Crippen LogP contribution in [-0.4, -0.2) is 45.5 Å². The van der Waals surface area contributed by atoms with E-state index in [9.17, 15) is 24.6 Å². The number of nitrogens with one attached hydrogen (secondary N) is 1. The van der Waals surface area contributed by atoms with Crippen LogP contribution in [0.2, 0.25) is 0 Å². The third kappa shape index (κ3) is 5.16. The average molecular weight is 530 g/mol. The molecule has 3 aliphatic carbocycles. The second-order valence-corrected chi connectivity index (χ2v) is 13.1. The third-order valence-electron chi connectivity index (χ3n) is 10.1. The van der Waals surface area contributed by atoms with Crippen LogP contribution >= 0.6 is 0 Å². The highest BCUT2D eigenvalue weighted by atomic mass is 16.6. The summed E-state index contributed by atoms with van der Waals surface area (Å²) in [5.74, 6) is -1.34. The molecule has 2 fully saturated rings. The van der Waals surface area contributed by atoms with E-state index in [0.717, 1.165) is 18.4 Å². The van der Waals surface area contributed by atoms with Crippen molar-refractivity contribution in [1.82, 2.24) is 5.32 Å². The number of carboxylic acid groups (broad SMARTS) is 2. The summed E-state index contributed by atoms with van der Waals surface area (Å²) in [6.07, 6.45) is 4.26. The number of fused-ring (bicyclic) bond motifs is 5. The van der Waals surface area contributed by atoms with Crippen molar-refractivity contribution < 1.29 is 34.4 Å². The normalized spacial score (nSPS) is 30.8. The van der Waals surface area contributed by atoms with E-state index in [1.807, 2.05) is 12.1 Å². The zero-order valence-corrected chi connectivity index (χ0v) is 23.3.